The van der Waals surface area contributed by atoms with Crippen LogP contribution in [0.1, 0.15) is 0 Å². The molecule has 3 heterocycles. The Hall–Kier alpha value is -0.640. The zero-order chi connectivity index (χ0) is 25.3. The van der Waals surface area contributed by atoms with Gasteiger partial charge in [-0.1, -0.05) is 0 Å². The summed E-state index contributed by atoms with van der Waals surface area (Å²) in [6, 6.07) is 0. The molecule has 3 rings (SSSR count). The first kappa shape index (κ1) is 27.9. The molecule has 0 aromatic heterocycles. The smallest absolute Gasteiger partial charge is 0.186 e. The molecule has 15 atom stereocenters. The molecule has 0 bridgehead atoms. The normalized spacial score (nSPS) is 52.5. The molecular formula is C18H32O16. The van der Waals surface area contributed by atoms with Crippen LogP contribution in [-0.4, -0.2) is 168 Å². The minimum Gasteiger partial charge on any atom is -0.394 e. The van der Waals surface area contributed by atoms with Crippen LogP contribution in [0.3, 0.4) is 0 Å². The zero-order valence-corrected chi connectivity index (χ0v) is 17.7. The van der Waals surface area contributed by atoms with Crippen LogP contribution in [0.4, 0.5) is 0 Å². The number of rotatable bonds is 7. The largest absolute Gasteiger partial charge is 0.394 e. The first-order valence-corrected chi connectivity index (χ1v) is 10.6. The first-order chi connectivity index (χ1) is 16.0. The number of hydrogen-bond donors (Lipinski definition) is 11. The lowest BCUT2D eigenvalue weighted by molar-refractivity contribution is -0.340. The summed E-state index contributed by atoms with van der Waals surface area (Å²) in [4.78, 5) is 0. The lowest BCUT2D eigenvalue weighted by Gasteiger charge is -2.43. The van der Waals surface area contributed by atoms with E-state index in [0.717, 1.165) is 0 Å². The van der Waals surface area contributed by atoms with Gasteiger partial charge in [0.05, 0.1) is 19.8 Å². The van der Waals surface area contributed by atoms with Crippen LogP contribution in [0.2, 0.25) is 0 Å². The van der Waals surface area contributed by atoms with Crippen molar-refractivity contribution in [3.8, 4) is 0 Å². The average Bonchev–Trinajstić information content (AvgIpc) is 2.82. The molecule has 1 unspecified atom stereocenters. The topological polar surface area (TPSA) is 269 Å². The van der Waals surface area contributed by atoms with E-state index >= 15 is 0 Å². The van der Waals surface area contributed by atoms with Crippen LogP contribution < -0.4 is 0 Å². The fraction of sp³-hybridized carbons (Fsp3) is 1.00. The monoisotopic (exact) mass is 504 g/mol. The highest BCUT2D eigenvalue weighted by molar-refractivity contribution is 4.92. The molecule has 3 aliphatic heterocycles. The van der Waals surface area contributed by atoms with Crippen LogP contribution in [-0.2, 0) is 23.7 Å². The van der Waals surface area contributed by atoms with Gasteiger partial charge in [0.1, 0.15) is 73.2 Å². The van der Waals surface area contributed by atoms with Gasteiger partial charge in [-0.05, 0) is 0 Å². The van der Waals surface area contributed by atoms with E-state index in [1.54, 1.807) is 0 Å². The quantitative estimate of drug-likeness (QED) is 0.154. The Balaban J connectivity index is 1.58. The van der Waals surface area contributed by atoms with E-state index in [1.165, 1.54) is 0 Å². The molecule has 0 radical (unpaired) electrons. The van der Waals surface area contributed by atoms with Crippen LogP contribution in [0.5, 0.6) is 0 Å². The molecule has 3 saturated heterocycles. The Labute approximate surface area is 192 Å². The summed E-state index contributed by atoms with van der Waals surface area (Å²) in [5.41, 5.74) is 0. The van der Waals surface area contributed by atoms with Crippen molar-refractivity contribution >= 4 is 0 Å². The van der Waals surface area contributed by atoms with E-state index < -0.39 is 112 Å². The molecule has 0 aliphatic carbocycles. The molecule has 200 valence electrons. The molecule has 0 saturated carbocycles. The predicted octanol–water partition coefficient (Wildman–Crippen LogP) is -7.57. The number of ether oxygens (including phenoxy) is 5. The van der Waals surface area contributed by atoms with Gasteiger partial charge >= 0.3 is 0 Å². The van der Waals surface area contributed by atoms with Crippen LogP contribution in [0.15, 0.2) is 0 Å². The highest BCUT2D eigenvalue weighted by atomic mass is 16.7. The van der Waals surface area contributed by atoms with Gasteiger partial charge in [0.25, 0.3) is 0 Å². The van der Waals surface area contributed by atoms with E-state index in [2.05, 4.69) is 0 Å². The fourth-order valence-electron chi connectivity index (χ4n) is 3.84. The Morgan fingerprint density at radius 2 is 0.824 bits per heavy atom. The van der Waals surface area contributed by atoms with Crippen molar-refractivity contribution in [2.24, 2.45) is 0 Å². The van der Waals surface area contributed by atoms with Gasteiger partial charge in [-0.15, -0.1) is 0 Å². The maximum Gasteiger partial charge on any atom is 0.186 e. The number of aliphatic hydroxyl groups excluding tert-OH is 11. The average molecular weight is 504 g/mol. The molecule has 0 aromatic rings. The van der Waals surface area contributed by atoms with Crippen molar-refractivity contribution in [1.29, 1.82) is 0 Å². The Morgan fingerprint density at radius 1 is 0.441 bits per heavy atom. The van der Waals surface area contributed by atoms with Crippen molar-refractivity contribution in [3.05, 3.63) is 0 Å². The van der Waals surface area contributed by atoms with Crippen molar-refractivity contribution in [1.82, 2.24) is 0 Å². The maximum absolute atomic E-state index is 10.2. The summed E-state index contributed by atoms with van der Waals surface area (Å²) in [5, 5.41) is 108. The third kappa shape index (κ3) is 5.68. The third-order valence-corrected chi connectivity index (χ3v) is 6.05. The zero-order valence-electron chi connectivity index (χ0n) is 17.7. The summed E-state index contributed by atoms with van der Waals surface area (Å²) in [6.07, 6.45) is -24.4. The van der Waals surface area contributed by atoms with E-state index in [0.29, 0.717) is 0 Å². The minimum atomic E-state index is -1.82. The standard InChI is InChI=1S/C18H32O16/c19-1-4-7(20)11(24)14(27)17(33-4)31-3-6-9(22)12(25)15(28)18(34-6)30-2-5-8(21)10(23)13(26)16(29)32-5/h4-29H,1-3H2/t4-,5-,6-,7+,8-,9+,10+,11+,12+,13-,14-,15-,16?,17-,18-/m1/s1. The first-order valence-electron chi connectivity index (χ1n) is 10.6. The third-order valence-electron chi connectivity index (χ3n) is 6.05. The highest BCUT2D eigenvalue weighted by Crippen LogP contribution is 2.27. The van der Waals surface area contributed by atoms with Gasteiger partial charge in [-0.3, -0.25) is 0 Å². The van der Waals surface area contributed by atoms with Crippen LogP contribution in [0.25, 0.3) is 0 Å². The summed E-state index contributed by atoms with van der Waals surface area (Å²) in [5.74, 6) is 0. The lowest BCUT2D eigenvalue weighted by Crippen LogP contribution is -2.62. The van der Waals surface area contributed by atoms with Crippen LogP contribution in [0, 0.1) is 0 Å². The maximum atomic E-state index is 10.2. The summed E-state index contributed by atoms with van der Waals surface area (Å²) in [7, 11) is 0. The number of aliphatic hydroxyl groups is 11. The Kier molecular flexibility index (Phi) is 9.54. The highest BCUT2D eigenvalue weighted by Gasteiger charge is 2.48. The molecule has 3 aliphatic rings. The van der Waals surface area contributed by atoms with Gasteiger partial charge in [0.2, 0.25) is 0 Å². The molecular weight excluding hydrogens is 472 g/mol. The van der Waals surface area contributed by atoms with Crippen molar-refractivity contribution in [2.45, 2.75) is 92.1 Å². The molecule has 0 aromatic carbocycles. The van der Waals surface area contributed by atoms with E-state index in [9.17, 15) is 56.2 Å². The van der Waals surface area contributed by atoms with Gasteiger partial charge < -0.3 is 79.9 Å². The second-order valence-electron chi connectivity index (χ2n) is 8.42. The van der Waals surface area contributed by atoms with Gasteiger partial charge in [-0.25, -0.2) is 0 Å². The molecule has 3 fully saturated rings. The second kappa shape index (κ2) is 11.6. The van der Waals surface area contributed by atoms with E-state index in [1.807, 2.05) is 0 Å². The van der Waals surface area contributed by atoms with E-state index in [-0.39, 0.29) is 0 Å². The number of hydrogen-bond acceptors (Lipinski definition) is 16. The Morgan fingerprint density at radius 3 is 1.29 bits per heavy atom. The molecule has 16 heteroatoms. The van der Waals surface area contributed by atoms with Gasteiger partial charge in [-0.2, -0.15) is 0 Å². The molecule has 0 spiro atoms. The molecule has 11 N–H and O–H groups in total. The minimum absolute atomic E-state index is 0.570. The molecule has 0 amide bonds. The second-order valence-corrected chi connectivity index (χ2v) is 8.42. The predicted molar refractivity (Wildman–Crippen MR) is 101 cm³/mol. The molecule has 34 heavy (non-hydrogen) atoms. The van der Waals surface area contributed by atoms with Gasteiger partial charge in [0.15, 0.2) is 18.9 Å². The van der Waals surface area contributed by atoms with Crippen molar-refractivity contribution in [3.63, 3.8) is 0 Å². The molecule has 16 nitrogen and oxygen atoms in total. The summed E-state index contributed by atoms with van der Waals surface area (Å²) < 4.78 is 26.1. The SMILES string of the molecule is OC[C@H]1O[C@@H](OC[C@H]2O[C@@H](OC[C@H]3OC(O)[C@H](O)[C@@H](O)[C@@H]3O)[C@H](O)[C@@H](O)[C@H]2O)[C@H](O)[C@@H](O)[C@H]1O. The van der Waals surface area contributed by atoms with Gasteiger partial charge in [0, 0.05) is 0 Å². The van der Waals surface area contributed by atoms with Crippen molar-refractivity contribution < 1.29 is 79.9 Å². The summed E-state index contributed by atoms with van der Waals surface area (Å²) in [6.45, 7) is -1.84. The lowest BCUT2D eigenvalue weighted by atomic mass is 9.98. The van der Waals surface area contributed by atoms with Crippen molar-refractivity contribution in [2.75, 3.05) is 19.8 Å². The van der Waals surface area contributed by atoms with Crippen LogP contribution >= 0.6 is 0 Å². The fourth-order valence-corrected chi connectivity index (χ4v) is 3.84. The summed E-state index contributed by atoms with van der Waals surface area (Å²) >= 11 is 0. The Bertz CT molecular complexity index is 639. The van der Waals surface area contributed by atoms with E-state index in [4.69, 9.17) is 23.7 Å².